The molecule has 1 aliphatic rings. The molecular formula is C15H21BrFN. The minimum absolute atomic E-state index is 0.151. The van der Waals surface area contributed by atoms with E-state index in [1.54, 1.807) is 6.07 Å². The van der Waals surface area contributed by atoms with Gasteiger partial charge in [0.05, 0.1) is 0 Å². The van der Waals surface area contributed by atoms with E-state index < -0.39 is 0 Å². The zero-order valence-corrected chi connectivity index (χ0v) is 12.5. The summed E-state index contributed by atoms with van der Waals surface area (Å²) in [5.41, 5.74) is 1.06. The minimum Gasteiger partial charge on any atom is -0.313 e. The Morgan fingerprint density at radius 2 is 1.89 bits per heavy atom. The molecule has 0 spiro atoms. The van der Waals surface area contributed by atoms with E-state index >= 15 is 0 Å². The maximum Gasteiger partial charge on any atom is 0.123 e. The van der Waals surface area contributed by atoms with E-state index in [0.29, 0.717) is 5.92 Å². The minimum atomic E-state index is -0.151. The summed E-state index contributed by atoms with van der Waals surface area (Å²) in [7, 11) is 1.98. The molecule has 0 bridgehead atoms. The summed E-state index contributed by atoms with van der Waals surface area (Å²) in [6, 6.07) is 5.24. The molecule has 2 rings (SSSR count). The van der Waals surface area contributed by atoms with Crippen LogP contribution in [0.2, 0.25) is 0 Å². The highest BCUT2D eigenvalue weighted by Crippen LogP contribution is 2.36. The van der Waals surface area contributed by atoms with Crippen LogP contribution in [0, 0.1) is 11.7 Å². The summed E-state index contributed by atoms with van der Waals surface area (Å²) >= 11 is 3.55. The normalized spacial score (nSPS) is 19.5. The van der Waals surface area contributed by atoms with Crippen molar-refractivity contribution in [3.05, 3.63) is 34.1 Å². The van der Waals surface area contributed by atoms with Gasteiger partial charge < -0.3 is 5.32 Å². The van der Waals surface area contributed by atoms with Crippen LogP contribution < -0.4 is 5.32 Å². The Kier molecular flexibility index (Phi) is 5.19. The van der Waals surface area contributed by atoms with Gasteiger partial charge in [-0.3, -0.25) is 0 Å². The predicted molar refractivity (Wildman–Crippen MR) is 77.1 cm³/mol. The third-order valence-electron chi connectivity index (χ3n) is 3.98. The molecule has 1 fully saturated rings. The van der Waals surface area contributed by atoms with E-state index in [2.05, 4.69) is 21.2 Å². The van der Waals surface area contributed by atoms with E-state index in [1.807, 2.05) is 13.1 Å². The molecule has 100 valence electrons. The van der Waals surface area contributed by atoms with Crippen LogP contribution in [-0.4, -0.2) is 7.05 Å². The third-order valence-corrected chi connectivity index (χ3v) is 4.70. The summed E-state index contributed by atoms with van der Waals surface area (Å²) in [5.74, 6) is 0.470. The number of benzene rings is 1. The standard InChI is InChI=1S/C15H21BrFN/c1-18-15(11-6-4-2-3-5-7-11)13-10-12(17)8-9-14(13)16/h8-11,15,18H,2-7H2,1H3. The van der Waals surface area contributed by atoms with Gasteiger partial charge >= 0.3 is 0 Å². The largest absolute Gasteiger partial charge is 0.313 e. The molecule has 0 radical (unpaired) electrons. The Labute approximate surface area is 117 Å². The van der Waals surface area contributed by atoms with Crippen molar-refractivity contribution >= 4 is 15.9 Å². The van der Waals surface area contributed by atoms with E-state index in [0.717, 1.165) is 10.0 Å². The van der Waals surface area contributed by atoms with Gasteiger partial charge in [-0.2, -0.15) is 0 Å². The number of hydrogen-bond donors (Lipinski definition) is 1. The highest BCUT2D eigenvalue weighted by Gasteiger charge is 2.24. The van der Waals surface area contributed by atoms with Crippen molar-refractivity contribution in [3.8, 4) is 0 Å². The van der Waals surface area contributed by atoms with Gasteiger partial charge in [-0.05, 0) is 49.6 Å². The first-order valence-corrected chi connectivity index (χ1v) is 7.64. The molecule has 0 saturated heterocycles. The maximum absolute atomic E-state index is 13.4. The Bertz CT molecular complexity index is 386. The summed E-state index contributed by atoms with van der Waals surface area (Å²) in [6.45, 7) is 0. The average molecular weight is 314 g/mol. The van der Waals surface area contributed by atoms with Gasteiger partial charge in [-0.1, -0.05) is 41.6 Å². The van der Waals surface area contributed by atoms with Gasteiger partial charge in [-0.25, -0.2) is 4.39 Å². The molecule has 1 unspecified atom stereocenters. The SMILES string of the molecule is CNC(c1cc(F)ccc1Br)C1CCCCCC1. The maximum atomic E-state index is 13.4. The van der Waals surface area contributed by atoms with Crippen LogP contribution in [0.1, 0.15) is 50.1 Å². The molecule has 1 saturated carbocycles. The number of nitrogens with one attached hydrogen (secondary N) is 1. The molecule has 0 aromatic heterocycles. The predicted octanol–water partition coefficient (Wildman–Crippen LogP) is 4.82. The first kappa shape index (κ1) is 14.0. The van der Waals surface area contributed by atoms with Gasteiger partial charge in [0.1, 0.15) is 5.82 Å². The van der Waals surface area contributed by atoms with E-state index in [-0.39, 0.29) is 11.9 Å². The van der Waals surface area contributed by atoms with Crippen molar-refractivity contribution in [2.24, 2.45) is 5.92 Å². The van der Waals surface area contributed by atoms with Crippen LogP contribution in [0.25, 0.3) is 0 Å². The summed E-state index contributed by atoms with van der Waals surface area (Å²) in [5, 5.41) is 3.39. The van der Waals surface area contributed by atoms with Crippen molar-refractivity contribution < 1.29 is 4.39 Å². The van der Waals surface area contributed by atoms with Gasteiger partial charge in [-0.15, -0.1) is 0 Å². The molecule has 1 nitrogen and oxygen atoms in total. The van der Waals surface area contributed by atoms with Crippen LogP contribution in [0.15, 0.2) is 22.7 Å². The second-order valence-electron chi connectivity index (χ2n) is 5.18. The topological polar surface area (TPSA) is 12.0 Å². The molecule has 18 heavy (non-hydrogen) atoms. The van der Waals surface area contributed by atoms with Crippen molar-refractivity contribution in [2.75, 3.05) is 7.05 Å². The lowest BCUT2D eigenvalue weighted by atomic mass is 9.87. The van der Waals surface area contributed by atoms with Crippen molar-refractivity contribution in [2.45, 2.75) is 44.6 Å². The van der Waals surface area contributed by atoms with Crippen molar-refractivity contribution in [3.63, 3.8) is 0 Å². The van der Waals surface area contributed by atoms with Crippen molar-refractivity contribution in [1.82, 2.24) is 5.32 Å². The lowest BCUT2D eigenvalue weighted by Crippen LogP contribution is -2.25. The molecular weight excluding hydrogens is 293 g/mol. The Morgan fingerprint density at radius 3 is 2.50 bits per heavy atom. The molecule has 0 amide bonds. The smallest absolute Gasteiger partial charge is 0.123 e. The van der Waals surface area contributed by atoms with Crippen LogP contribution >= 0.6 is 15.9 Å². The van der Waals surface area contributed by atoms with Gasteiger partial charge in [0.15, 0.2) is 0 Å². The quantitative estimate of drug-likeness (QED) is 0.789. The Hall–Kier alpha value is -0.410. The fraction of sp³-hybridized carbons (Fsp3) is 0.600. The lowest BCUT2D eigenvalue weighted by Gasteiger charge is -2.27. The molecule has 1 N–H and O–H groups in total. The van der Waals surface area contributed by atoms with Crippen LogP contribution in [0.3, 0.4) is 0 Å². The first-order chi connectivity index (χ1) is 8.72. The van der Waals surface area contributed by atoms with Gasteiger partial charge in [0.2, 0.25) is 0 Å². The second-order valence-corrected chi connectivity index (χ2v) is 6.04. The average Bonchev–Trinajstić information content (AvgIpc) is 2.64. The first-order valence-electron chi connectivity index (χ1n) is 6.84. The van der Waals surface area contributed by atoms with E-state index in [1.165, 1.54) is 44.6 Å². The van der Waals surface area contributed by atoms with E-state index in [9.17, 15) is 4.39 Å². The van der Waals surface area contributed by atoms with Crippen LogP contribution in [-0.2, 0) is 0 Å². The Balaban J connectivity index is 2.23. The molecule has 1 aromatic carbocycles. The highest BCUT2D eigenvalue weighted by atomic mass is 79.9. The lowest BCUT2D eigenvalue weighted by molar-refractivity contribution is 0.340. The summed E-state index contributed by atoms with van der Waals surface area (Å²) in [4.78, 5) is 0. The van der Waals surface area contributed by atoms with Gasteiger partial charge in [0, 0.05) is 10.5 Å². The number of rotatable bonds is 3. The molecule has 1 aromatic rings. The Morgan fingerprint density at radius 1 is 1.22 bits per heavy atom. The summed E-state index contributed by atoms with van der Waals surface area (Å²) < 4.78 is 14.4. The number of halogens is 2. The number of hydrogen-bond acceptors (Lipinski definition) is 1. The summed E-state index contributed by atoms with van der Waals surface area (Å²) in [6.07, 6.45) is 7.78. The molecule has 3 heteroatoms. The fourth-order valence-electron chi connectivity index (χ4n) is 3.04. The zero-order valence-electron chi connectivity index (χ0n) is 10.9. The molecule has 1 atom stereocenters. The molecule has 0 heterocycles. The van der Waals surface area contributed by atoms with E-state index in [4.69, 9.17) is 0 Å². The fourth-order valence-corrected chi connectivity index (χ4v) is 3.54. The zero-order chi connectivity index (χ0) is 13.0. The second kappa shape index (κ2) is 6.67. The monoisotopic (exact) mass is 313 g/mol. The van der Waals surface area contributed by atoms with Crippen LogP contribution in [0.5, 0.6) is 0 Å². The van der Waals surface area contributed by atoms with Crippen molar-refractivity contribution in [1.29, 1.82) is 0 Å². The molecule has 0 aliphatic heterocycles. The highest BCUT2D eigenvalue weighted by molar-refractivity contribution is 9.10. The third kappa shape index (κ3) is 3.33. The molecule has 1 aliphatic carbocycles. The van der Waals surface area contributed by atoms with Gasteiger partial charge in [0.25, 0.3) is 0 Å². The van der Waals surface area contributed by atoms with Crippen LogP contribution in [0.4, 0.5) is 4.39 Å².